The highest BCUT2D eigenvalue weighted by molar-refractivity contribution is 5.95. The number of amides is 2. The molecule has 102 valence electrons. The second-order valence-corrected chi connectivity index (χ2v) is 4.74. The number of anilines is 1. The van der Waals surface area contributed by atoms with E-state index in [4.69, 9.17) is 0 Å². The van der Waals surface area contributed by atoms with E-state index in [2.05, 4.69) is 11.4 Å². The van der Waals surface area contributed by atoms with Crippen molar-refractivity contribution in [2.45, 2.75) is 39.7 Å². The number of benzene rings is 1. The van der Waals surface area contributed by atoms with Crippen LogP contribution in [0, 0.1) is 0 Å². The van der Waals surface area contributed by atoms with Crippen LogP contribution in [0.1, 0.15) is 37.8 Å². The van der Waals surface area contributed by atoms with Gasteiger partial charge in [-0.05, 0) is 23.6 Å². The Morgan fingerprint density at radius 3 is 2.74 bits per heavy atom. The molecule has 4 heteroatoms. The maximum absolute atomic E-state index is 11.8. The number of hydrogen-bond donors (Lipinski definition) is 1. The van der Waals surface area contributed by atoms with E-state index in [1.807, 2.05) is 30.9 Å². The van der Waals surface area contributed by atoms with Crippen LogP contribution >= 0.6 is 0 Å². The van der Waals surface area contributed by atoms with Gasteiger partial charge in [-0.1, -0.05) is 26.0 Å². The smallest absolute Gasteiger partial charge is 0.226 e. The van der Waals surface area contributed by atoms with Gasteiger partial charge >= 0.3 is 0 Å². The van der Waals surface area contributed by atoms with Crippen molar-refractivity contribution >= 4 is 17.5 Å². The lowest BCUT2D eigenvalue weighted by Gasteiger charge is -2.16. The van der Waals surface area contributed by atoms with E-state index in [0.29, 0.717) is 19.4 Å². The van der Waals surface area contributed by atoms with Gasteiger partial charge in [0.15, 0.2) is 0 Å². The Labute approximate surface area is 113 Å². The molecule has 0 saturated carbocycles. The summed E-state index contributed by atoms with van der Waals surface area (Å²) >= 11 is 0. The summed E-state index contributed by atoms with van der Waals surface area (Å²) in [6.07, 6.45) is 1.94. The molecule has 0 spiro atoms. The molecule has 0 unspecified atom stereocenters. The van der Waals surface area contributed by atoms with E-state index in [0.717, 1.165) is 24.2 Å². The number of carbonyl (C=O) groups excluding carboxylic acids is 2. The molecular weight excluding hydrogens is 240 g/mol. The average Bonchev–Trinajstić information content (AvgIpc) is 2.86. The van der Waals surface area contributed by atoms with Crippen LogP contribution in [0.15, 0.2) is 18.2 Å². The Hall–Kier alpha value is -1.84. The average molecular weight is 260 g/mol. The van der Waals surface area contributed by atoms with Gasteiger partial charge in [0.25, 0.3) is 0 Å². The standard InChI is InChI=1S/C15H20N2O2/c1-3-14(18)16-10-11-5-6-13-12(9-11)7-8-17(13)15(19)4-2/h5-6,9H,3-4,7-8,10H2,1-2H3,(H,16,18). The Bertz CT molecular complexity index is 497. The predicted molar refractivity (Wildman–Crippen MR) is 74.9 cm³/mol. The SMILES string of the molecule is CCC(=O)NCc1ccc2c(c1)CCN2C(=O)CC. The molecule has 1 aromatic carbocycles. The highest BCUT2D eigenvalue weighted by atomic mass is 16.2. The molecule has 2 amide bonds. The first-order valence-electron chi connectivity index (χ1n) is 6.84. The van der Waals surface area contributed by atoms with Crippen LogP contribution in [0.25, 0.3) is 0 Å². The fraction of sp³-hybridized carbons (Fsp3) is 0.467. The van der Waals surface area contributed by atoms with Gasteiger partial charge < -0.3 is 10.2 Å². The summed E-state index contributed by atoms with van der Waals surface area (Å²) in [5, 5.41) is 2.87. The molecule has 0 atom stereocenters. The quantitative estimate of drug-likeness (QED) is 0.900. The van der Waals surface area contributed by atoms with Crippen molar-refractivity contribution in [3.63, 3.8) is 0 Å². The first-order valence-corrected chi connectivity index (χ1v) is 6.84. The van der Waals surface area contributed by atoms with Crippen LogP contribution in [-0.4, -0.2) is 18.4 Å². The number of rotatable bonds is 4. The Morgan fingerprint density at radius 2 is 2.05 bits per heavy atom. The summed E-state index contributed by atoms with van der Waals surface area (Å²) in [6, 6.07) is 6.06. The third-order valence-electron chi connectivity index (χ3n) is 3.45. The Kier molecular flexibility index (Phi) is 4.20. The molecule has 1 aromatic rings. The van der Waals surface area contributed by atoms with Crippen LogP contribution in [0.3, 0.4) is 0 Å². The largest absolute Gasteiger partial charge is 0.352 e. The maximum Gasteiger partial charge on any atom is 0.226 e. The number of fused-ring (bicyclic) bond motifs is 1. The van der Waals surface area contributed by atoms with Gasteiger partial charge in [0.1, 0.15) is 0 Å². The predicted octanol–water partition coefficient (Wildman–Crippen LogP) is 2.01. The van der Waals surface area contributed by atoms with E-state index < -0.39 is 0 Å². The summed E-state index contributed by atoms with van der Waals surface area (Å²) in [6.45, 7) is 5.05. The number of carbonyl (C=O) groups is 2. The van der Waals surface area contributed by atoms with Crippen molar-refractivity contribution in [3.05, 3.63) is 29.3 Å². The van der Waals surface area contributed by atoms with Gasteiger partial charge in [0, 0.05) is 31.6 Å². The molecule has 1 heterocycles. The van der Waals surface area contributed by atoms with E-state index in [9.17, 15) is 9.59 Å². The van der Waals surface area contributed by atoms with Crippen LogP contribution in [0.5, 0.6) is 0 Å². The summed E-state index contributed by atoms with van der Waals surface area (Å²) in [5.74, 6) is 0.231. The van der Waals surface area contributed by atoms with Gasteiger partial charge in [-0.15, -0.1) is 0 Å². The van der Waals surface area contributed by atoms with Gasteiger partial charge in [0.2, 0.25) is 11.8 Å². The number of hydrogen-bond acceptors (Lipinski definition) is 2. The second kappa shape index (κ2) is 5.87. The zero-order valence-corrected chi connectivity index (χ0v) is 11.5. The molecule has 0 aliphatic carbocycles. The van der Waals surface area contributed by atoms with Gasteiger partial charge in [-0.25, -0.2) is 0 Å². The van der Waals surface area contributed by atoms with Crippen LogP contribution in [0.4, 0.5) is 5.69 Å². The molecule has 0 aromatic heterocycles. The lowest BCUT2D eigenvalue weighted by Crippen LogP contribution is -2.27. The third kappa shape index (κ3) is 2.95. The minimum Gasteiger partial charge on any atom is -0.352 e. The van der Waals surface area contributed by atoms with Crippen LogP contribution in [0.2, 0.25) is 0 Å². The second-order valence-electron chi connectivity index (χ2n) is 4.74. The molecule has 1 aliphatic heterocycles. The summed E-state index contributed by atoms with van der Waals surface area (Å²) < 4.78 is 0. The summed E-state index contributed by atoms with van der Waals surface area (Å²) in [4.78, 5) is 24.9. The first-order chi connectivity index (χ1) is 9.15. The molecule has 4 nitrogen and oxygen atoms in total. The lowest BCUT2D eigenvalue weighted by atomic mass is 10.1. The van der Waals surface area contributed by atoms with Crippen molar-refractivity contribution in [2.75, 3.05) is 11.4 Å². The minimum absolute atomic E-state index is 0.0586. The first kappa shape index (κ1) is 13.6. The summed E-state index contributed by atoms with van der Waals surface area (Å²) in [5.41, 5.74) is 3.31. The molecule has 0 fully saturated rings. The fourth-order valence-corrected chi connectivity index (χ4v) is 2.34. The van der Waals surface area contributed by atoms with Crippen molar-refractivity contribution < 1.29 is 9.59 Å². The van der Waals surface area contributed by atoms with Crippen molar-refractivity contribution in [2.24, 2.45) is 0 Å². The zero-order valence-electron chi connectivity index (χ0n) is 11.5. The molecule has 1 N–H and O–H groups in total. The normalized spacial score (nSPS) is 13.3. The molecule has 0 radical (unpaired) electrons. The van der Waals surface area contributed by atoms with Crippen molar-refractivity contribution in [1.29, 1.82) is 0 Å². The highest BCUT2D eigenvalue weighted by Crippen LogP contribution is 2.29. The highest BCUT2D eigenvalue weighted by Gasteiger charge is 2.23. The Balaban J connectivity index is 2.09. The van der Waals surface area contributed by atoms with Gasteiger partial charge in [-0.2, -0.15) is 0 Å². The lowest BCUT2D eigenvalue weighted by molar-refractivity contribution is -0.121. The van der Waals surface area contributed by atoms with E-state index in [1.165, 1.54) is 5.56 Å². The van der Waals surface area contributed by atoms with Gasteiger partial charge in [0.05, 0.1) is 0 Å². The molecule has 0 saturated heterocycles. The summed E-state index contributed by atoms with van der Waals surface area (Å²) in [7, 11) is 0. The molecule has 2 rings (SSSR count). The number of nitrogens with zero attached hydrogens (tertiary/aromatic N) is 1. The van der Waals surface area contributed by atoms with Crippen molar-refractivity contribution in [1.82, 2.24) is 5.32 Å². The molecular formula is C15H20N2O2. The van der Waals surface area contributed by atoms with E-state index >= 15 is 0 Å². The van der Waals surface area contributed by atoms with E-state index in [1.54, 1.807) is 0 Å². The Morgan fingerprint density at radius 1 is 1.26 bits per heavy atom. The molecule has 1 aliphatic rings. The number of nitrogens with one attached hydrogen (secondary N) is 1. The van der Waals surface area contributed by atoms with Crippen LogP contribution in [-0.2, 0) is 22.6 Å². The van der Waals surface area contributed by atoms with Crippen LogP contribution < -0.4 is 10.2 Å². The molecule has 0 bridgehead atoms. The van der Waals surface area contributed by atoms with Gasteiger partial charge in [-0.3, -0.25) is 9.59 Å². The maximum atomic E-state index is 11.8. The minimum atomic E-state index is 0.0586. The third-order valence-corrected chi connectivity index (χ3v) is 3.45. The zero-order chi connectivity index (χ0) is 13.8. The monoisotopic (exact) mass is 260 g/mol. The van der Waals surface area contributed by atoms with Crippen molar-refractivity contribution in [3.8, 4) is 0 Å². The van der Waals surface area contributed by atoms with E-state index in [-0.39, 0.29) is 11.8 Å². The topological polar surface area (TPSA) is 49.4 Å². The fourth-order valence-electron chi connectivity index (χ4n) is 2.34. The molecule has 19 heavy (non-hydrogen) atoms.